The van der Waals surface area contributed by atoms with Crippen molar-refractivity contribution in [2.24, 2.45) is 0 Å². The normalized spacial score (nSPS) is 14.3. The Labute approximate surface area is 203 Å². The number of benzene rings is 2. The second-order valence-corrected chi connectivity index (χ2v) is 8.88. The van der Waals surface area contributed by atoms with Crippen LogP contribution in [0, 0.1) is 26.6 Å². The zero-order valence-corrected chi connectivity index (χ0v) is 20.2. The van der Waals surface area contributed by atoms with Crippen LogP contribution in [-0.2, 0) is 4.79 Å². The summed E-state index contributed by atoms with van der Waals surface area (Å²) in [5.41, 5.74) is 4.33. The summed E-state index contributed by atoms with van der Waals surface area (Å²) in [6.07, 6.45) is 0. The third-order valence-electron chi connectivity index (χ3n) is 6.06. The van der Waals surface area contributed by atoms with Gasteiger partial charge in [-0.2, -0.15) is 5.10 Å². The number of aryl methyl sites for hydroxylation is 3. The second kappa shape index (κ2) is 9.95. The number of rotatable bonds is 5. The highest BCUT2D eigenvalue weighted by Gasteiger charge is 2.28. The summed E-state index contributed by atoms with van der Waals surface area (Å²) in [6.45, 7) is 8.05. The topological polar surface area (TPSA) is 70.5 Å². The Morgan fingerprint density at radius 3 is 2.24 bits per heavy atom. The predicted molar refractivity (Wildman–Crippen MR) is 130 cm³/mol. The molecule has 0 bridgehead atoms. The number of halogens is 2. The zero-order valence-electron chi connectivity index (χ0n) is 19.4. The predicted octanol–water partition coefficient (Wildman–Crippen LogP) is 3.99. The van der Waals surface area contributed by atoms with Crippen molar-refractivity contribution in [3.8, 4) is 5.69 Å². The van der Waals surface area contributed by atoms with Gasteiger partial charge in [0.1, 0.15) is 11.0 Å². The summed E-state index contributed by atoms with van der Waals surface area (Å²) in [7, 11) is 0. The number of piperazine rings is 1. The van der Waals surface area contributed by atoms with Gasteiger partial charge >= 0.3 is 0 Å². The molecule has 0 atom stereocenters. The molecule has 2 heterocycles. The first-order valence-electron chi connectivity index (χ1n) is 11.1. The number of para-hydroxylation sites is 1. The number of anilines is 1. The van der Waals surface area contributed by atoms with E-state index in [0.29, 0.717) is 43.1 Å². The molecule has 1 aliphatic heterocycles. The molecule has 0 saturated carbocycles. The number of hydrogen-bond donors (Lipinski definition) is 1. The molecule has 2 amide bonds. The van der Waals surface area contributed by atoms with Gasteiger partial charge in [-0.25, -0.2) is 9.07 Å². The maximum atomic E-state index is 13.3. The Morgan fingerprint density at radius 2 is 1.62 bits per heavy atom. The lowest BCUT2D eigenvalue weighted by Crippen LogP contribution is -2.50. The second-order valence-electron chi connectivity index (χ2n) is 8.52. The van der Waals surface area contributed by atoms with Gasteiger partial charge < -0.3 is 10.2 Å². The van der Waals surface area contributed by atoms with Crippen LogP contribution >= 0.6 is 11.6 Å². The van der Waals surface area contributed by atoms with E-state index in [1.807, 2.05) is 36.9 Å². The zero-order chi connectivity index (χ0) is 24.4. The number of aromatic nitrogens is 2. The van der Waals surface area contributed by atoms with Gasteiger partial charge in [-0.05, 0) is 56.2 Å². The first-order chi connectivity index (χ1) is 16.2. The Bertz CT molecular complexity index is 1200. The molecule has 3 aromatic rings. The Kier molecular flexibility index (Phi) is 7.00. The van der Waals surface area contributed by atoms with Gasteiger partial charge in [0.25, 0.3) is 5.91 Å². The largest absolute Gasteiger partial charge is 0.336 e. The molecule has 0 spiro atoms. The molecule has 2 aromatic carbocycles. The first kappa shape index (κ1) is 23.9. The molecule has 0 radical (unpaired) electrons. The van der Waals surface area contributed by atoms with Crippen LogP contribution in [-0.4, -0.2) is 64.1 Å². The van der Waals surface area contributed by atoms with Gasteiger partial charge in [0.05, 0.1) is 23.5 Å². The highest BCUT2D eigenvalue weighted by Crippen LogP contribution is 2.26. The van der Waals surface area contributed by atoms with Crippen molar-refractivity contribution in [2.75, 3.05) is 38.0 Å². The minimum Gasteiger partial charge on any atom is -0.336 e. The fraction of sp³-hybridized carbons (Fsp3) is 0.320. The molecule has 1 fully saturated rings. The summed E-state index contributed by atoms with van der Waals surface area (Å²) in [6, 6.07) is 11.7. The third-order valence-corrected chi connectivity index (χ3v) is 6.41. The van der Waals surface area contributed by atoms with E-state index in [1.165, 1.54) is 16.8 Å². The molecule has 0 unspecified atom stereocenters. The highest BCUT2D eigenvalue weighted by molar-refractivity contribution is 6.33. The lowest BCUT2D eigenvalue weighted by Gasteiger charge is -2.34. The maximum Gasteiger partial charge on any atom is 0.258 e. The molecule has 0 aliphatic carbocycles. The number of nitrogens with zero attached hydrogens (tertiary/aromatic N) is 4. The molecule has 1 N–H and O–H groups in total. The number of amides is 2. The van der Waals surface area contributed by atoms with E-state index in [-0.39, 0.29) is 29.3 Å². The summed E-state index contributed by atoms with van der Waals surface area (Å²) in [4.78, 5) is 29.6. The fourth-order valence-electron chi connectivity index (χ4n) is 4.16. The van der Waals surface area contributed by atoms with Crippen LogP contribution in [0.15, 0.2) is 42.5 Å². The molecular formula is C25H27ClFN5O2. The van der Waals surface area contributed by atoms with Crippen LogP contribution in [0.1, 0.15) is 27.2 Å². The fourth-order valence-corrected chi connectivity index (χ4v) is 4.51. The molecule has 178 valence electrons. The number of carbonyl (C=O) groups is 2. The smallest absolute Gasteiger partial charge is 0.258 e. The lowest BCUT2D eigenvalue weighted by atomic mass is 10.1. The molecule has 34 heavy (non-hydrogen) atoms. The highest BCUT2D eigenvalue weighted by atomic mass is 35.5. The average molecular weight is 484 g/mol. The molecule has 7 nitrogen and oxygen atoms in total. The number of hydrogen-bond acceptors (Lipinski definition) is 4. The van der Waals surface area contributed by atoms with Crippen molar-refractivity contribution in [1.82, 2.24) is 19.6 Å². The number of carbonyl (C=O) groups excluding carboxylic acids is 2. The van der Waals surface area contributed by atoms with Crippen molar-refractivity contribution < 1.29 is 14.0 Å². The molecule has 1 aliphatic rings. The van der Waals surface area contributed by atoms with Crippen LogP contribution in [0.25, 0.3) is 5.69 Å². The van der Waals surface area contributed by atoms with E-state index in [0.717, 1.165) is 16.8 Å². The van der Waals surface area contributed by atoms with Gasteiger partial charge in [0.15, 0.2) is 0 Å². The van der Waals surface area contributed by atoms with Crippen LogP contribution in [0.2, 0.25) is 5.15 Å². The van der Waals surface area contributed by atoms with Gasteiger partial charge in [-0.15, -0.1) is 0 Å². The van der Waals surface area contributed by atoms with Gasteiger partial charge in [0.2, 0.25) is 5.91 Å². The summed E-state index contributed by atoms with van der Waals surface area (Å²) in [5.74, 6) is -0.632. The number of nitrogens with one attached hydrogen (secondary N) is 1. The third kappa shape index (κ3) is 4.98. The van der Waals surface area contributed by atoms with E-state index in [2.05, 4.69) is 10.4 Å². The molecule has 1 saturated heterocycles. The Morgan fingerprint density at radius 1 is 1.00 bits per heavy atom. The SMILES string of the molecule is Cc1cccc(C)c1NC(=O)CN1CCN(C(=O)c2c(C)nn(-c3ccc(F)cc3)c2Cl)CC1. The van der Waals surface area contributed by atoms with E-state index in [4.69, 9.17) is 11.6 Å². The maximum absolute atomic E-state index is 13.3. The molecule has 1 aromatic heterocycles. The van der Waals surface area contributed by atoms with Gasteiger partial charge in [-0.1, -0.05) is 29.8 Å². The van der Waals surface area contributed by atoms with Crippen molar-refractivity contribution in [1.29, 1.82) is 0 Å². The first-order valence-corrected chi connectivity index (χ1v) is 11.5. The van der Waals surface area contributed by atoms with Crippen molar-refractivity contribution in [2.45, 2.75) is 20.8 Å². The minimum atomic E-state index is -0.361. The monoisotopic (exact) mass is 483 g/mol. The lowest BCUT2D eigenvalue weighted by molar-refractivity contribution is -0.117. The van der Waals surface area contributed by atoms with Crippen LogP contribution in [0.3, 0.4) is 0 Å². The Hall–Kier alpha value is -3.23. The summed E-state index contributed by atoms with van der Waals surface area (Å²) in [5, 5.41) is 7.59. The van der Waals surface area contributed by atoms with E-state index in [1.54, 1.807) is 24.0 Å². The minimum absolute atomic E-state index is 0.0726. The van der Waals surface area contributed by atoms with E-state index in [9.17, 15) is 14.0 Å². The van der Waals surface area contributed by atoms with Crippen molar-refractivity contribution in [3.63, 3.8) is 0 Å². The standard InChI is InChI=1S/C25H27ClFN5O2/c1-16-5-4-6-17(2)23(16)28-21(33)15-30-11-13-31(14-12-30)25(34)22-18(3)29-32(24(22)26)20-9-7-19(27)8-10-20/h4-10H,11-15H2,1-3H3,(H,28,33). The summed E-state index contributed by atoms with van der Waals surface area (Å²) < 4.78 is 14.7. The summed E-state index contributed by atoms with van der Waals surface area (Å²) >= 11 is 6.51. The molecule has 4 rings (SSSR count). The van der Waals surface area contributed by atoms with E-state index < -0.39 is 0 Å². The molecular weight excluding hydrogens is 457 g/mol. The van der Waals surface area contributed by atoms with Crippen molar-refractivity contribution in [3.05, 3.63) is 75.8 Å². The Balaban J connectivity index is 1.37. The quantitative estimate of drug-likeness (QED) is 0.595. The van der Waals surface area contributed by atoms with Gasteiger partial charge in [0, 0.05) is 31.9 Å². The van der Waals surface area contributed by atoms with E-state index >= 15 is 0 Å². The van der Waals surface area contributed by atoms with Crippen LogP contribution in [0.4, 0.5) is 10.1 Å². The van der Waals surface area contributed by atoms with Crippen molar-refractivity contribution >= 4 is 29.1 Å². The van der Waals surface area contributed by atoms with Gasteiger partial charge in [-0.3, -0.25) is 14.5 Å². The van der Waals surface area contributed by atoms with Crippen LogP contribution in [0.5, 0.6) is 0 Å². The van der Waals surface area contributed by atoms with Crippen LogP contribution < -0.4 is 5.32 Å². The molecule has 9 heteroatoms. The average Bonchev–Trinajstić information content (AvgIpc) is 3.10.